The number of hydrogen-bond donors (Lipinski definition) is 1. The number of hydrogen-bond acceptors (Lipinski definition) is 1. The van der Waals surface area contributed by atoms with Gasteiger partial charge in [0.05, 0.1) is 5.56 Å². The molecule has 0 atom stereocenters. The van der Waals surface area contributed by atoms with Gasteiger partial charge in [-0.1, -0.05) is 48.0 Å². The van der Waals surface area contributed by atoms with Crippen LogP contribution >= 0.6 is 0 Å². The zero-order valence-corrected chi connectivity index (χ0v) is 15.6. The minimum absolute atomic E-state index is 0.175. The maximum Gasteiger partial charge on any atom is 0.416 e. The van der Waals surface area contributed by atoms with Crippen molar-refractivity contribution in [1.29, 1.82) is 0 Å². The molecule has 28 heavy (non-hydrogen) atoms. The van der Waals surface area contributed by atoms with Gasteiger partial charge in [-0.05, 0) is 60.4 Å². The van der Waals surface area contributed by atoms with Gasteiger partial charge in [-0.25, -0.2) is 0 Å². The van der Waals surface area contributed by atoms with E-state index in [-0.39, 0.29) is 5.91 Å². The first-order valence-corrected chi connectivity index (χ1v) is 8.86. The number of benzene rings is 3. The molecule has 0 heterocycles. The Morgan fingerprint density at radius 3 is 2.29 bits per heavy atom. The first-order chi connectivity index (χ1) is 13.2. The van der Waals surface area contributed by atoms with Crippen molar-refractivity contribution in [3.8, 4) is 11.1 Å². The molecule has 144 valence electrons. The smallest absolute Gasteiger partial charge is 0.348 e. The minimum Gasteiger partial charge on any atom is -0.348 e. The van der Waals surface area contributed by atoms with Crippen LogP contribution in [0.4, 0.5) is 13.2 Å². The van der Waals surface area contributed by atoms with Gasteiger partial charge in [-0.15, -0.1) is 0 Å². The third-order valence-corrected chi connectivity index (χ3v) is 4.54. The number of alkyl halides is 3. The van der Waals surface area contributed by atoms with Gasteiger partial charge in [0.25, 0.3) is 5.91 Å². The number of amides is 1. The monoisotopic (exact) mass is 383 g/mol. The summed E-state index contributed by atoms with van der Waals surface area (Å²) in [5.41, 5.74) is 3.80. The van der Waals surface area contributed by atoms with Crippen LogP contribution < -0.4 is 5.32 Å². The van der Waals surface area contributed by atoms with Crippen LogP contribution in [0.25, 0.3) is 11.1 Å². The van der Waals surface area contributed by atoms with Crippen LogP contribution in [-0.4, -0.2) is 5.91 Å². The number of carbonyl (C=O) groups is 1. The Kier molecular flexibility index (Phi) is 5.54. The molecule has 3 rings (SSSR count). The van der Waals surface area contributed by atoms with Crippen molar-refractivity contribution < 1.29 is 18.0 Å². The van der Waals surface area contributed by atoms with Crippen LogP contribution in [-0.2, 0) is 12.7 Å². The van der Waals surface area contributed by atoms with E-state index in [1.54, 1.807) is 24.3 Å². The topological polar surface area (TPSA) is 29.1 Å². The van der Waals surface area contributed by atoms with Crippen molar-refractivity contribution in [1.82, 2.24) is 5.32 Å². The van der Waals surface area contributed by atoms with Crippen LogP contribution in [0.15, 0.2) is 66.7 Å². The van der Waals surface area contributed by atoms with Crippen molar-refractivity contribution in [2.24, 2.45) is 0 Å². The van der Waals surface area contributed by atoms with E-state index in [1.165, 1.54) is 6.07 Å². The maximum atomic E-state index is 12.9. The van der Waals surface area contributed by atoms with Crippen LogP contribution in [0.1, 0.15) is 32.6 Å². The molecule has 0 aromatic heterocycles. The van der Waals surface area contributed by atoms with E-state index in [0.29, 0.717) is 23.2 Å². The molecular formula is C23H20F3NO. The molecule has 2 nitrogen and oxygen atoms in total. The number of halogens is 3. The molecule has 0 saturated carbocycles. The molecular weight excluding hydrogens is 363 g/mol. The number of rotatable bonds is 4. The van der Waals surface area contributed by atoms with Crippen LogP contribution in [0.3, 0.4) is 0 Å². The largest absolute Gasteiger partial charge is 0.416 e. The van der Waals surface area contributed by atoms with Gasteiger partial charge in [0.15, 0.2) is 0 Å². The zero-order valence-electron chi connectivity index (χ0n) is 15.6. The summed E-state index contributed by atoms with van der Waals surface area (Å²) in [7, 11) is 0. The second-order valence-corrected chi connectivity index (χ2v) is 6.78. The average molecular weight is 383 g/mol. The summed E-state index contributed by atoms with van der Waals surface area (Å²) in [6, 6.07) is 18.1. The summed E-state index contributed by atoms with van der Waals surface area (Å²) < 4.78 is 38.8. The second-order valence-electron chi connectivity index (χ2n) is 6.78. The normalized spacial score (nSPS) is 11.3. The molecule has 3 aromatic carbocycles. The Balaban J connectivity index is 1.77. The highest BCUT2D eigenvalue weighted by molar-refractivity contribution is 5.95. The Bertz CT molecular complexity index is 1010. The molecule has 0 saturated heterocycles. The van der Waals surface area contributed by atoms with Crippen LogP contribution in [0.5, 0.6) is 0 Å². The van der Waals surface area contributed by atoms with Gasteiger partial charge < -0.3 is 5.32 Å². The van der Waals surface area contributed by atoms with Gasteiger partial charge in [-0.2, -0.15) is 13.2 Å². The summed E-state index contributed by atoms with van der Waals surface area (Å²) in [4.78, 5) is 12.5. The molecule has 0 aliphatic rings. The molecule has 0 aliphatic heterocycles. The van der Waals surface area contributed by atoms with Gasteiger partial charge in [0, 0.05) is 12.1 Å². The molecule has 5 heteroatoms. The van der Waals surface area contributed by atoms with Gasteiger partial charge >= 0.3 is 6.18 Å². The first kappa shape index (κ1) is 19.7. The highest BCUT2D eigenvalue weighted by atomic mass is 19.4. The van der Waals surface area contributed by atoms with E-state index in [0.717, 1.165) is 28.8 Å². The fourth-order valence-electron chi connectivity index (χ4n) is 2.99. The first-order valence-electron chi connectivity index (χ1n) is 8.86. The predicted molar refractivity (Wildman–Crippen MR) is 104 cm³/mol. The summed E-state index contributed by atoms with van der Waals surface area (Å²) in [6.07, 6.45) is -4.38. The molecule has 0 radical (unpaired) electrons. The summed E-state index contributed by atoms with van der Waals surface area (Å²) in [5, 5.41) is 2.88. The van der Waals surface area contributed by atoms with Gasteiger partial charge in [0.1, 0.15) is 0 Å². The van der Waals surface area contributed by atoms with Crippen molar-refractivity contribution in [3.05, 3.63) is 94.5 Å². The lowest BCUT2D eigenvalue weighted by molar-refractivity contribution is -0.137. The van der Waals surface area contributed by atoms with Gasteiger partial charge in [0.2, 0.25) is 0 Å². The third kappa shape index (κ3) is 4.60. The van der Waals surface area contributed by atoms with E-state index in [2.05, 4.69) is 5.32 Å². The van der Waals surface area contributed by atoms with Crippen molar-refractivity contribution in [2.45, 2.75) is 26.6 Å². The van der Waals surface area contributed by atoms with E-state index in [1.807, 2.05) is 38.1 Å². The van der Waals surface area contributed by atoms with Gasteiger partial charge in [-0.3, -0.25) is 4.79 Å². The van der Waals surface area contributed by atoms with E-state index in [9.17, 15) is 18.0 Å². The van der Waals surface area contributed by atoms with E-state index >= 15 is 0 Å². The standard InChI is InChI=1S/C23H20F3NO/c1-15-9-10-16(2)21(11-15)22(28)27-14-17-5-3-6-18(12-17)19-7-4-8-20(13-19)23(24,25)26/h3-13H,14H2,1-2H3,(H,27,28). The highest BCUT2D eigenvalue weighted by Gasteiger charge is 2.30. The number of carbonyl (C=O) groups excluding carboxylic acids is 1. The SMILES string of the molecule is Cc1ccc(C)c(C(=O)NCc2cccc(-c3cccc(C(F)(F)F)c3)c2)c1. The Hall–Kier alpha value is -3.08. The van der Waals surface area contributed by atoms with Crippen LogP contribution in [0.2, 0.25) is 0 Å². The lowest BCUT2D eigenvalue weighted by Crippen LogP contribution is -2.23. The Morgan fingerprint density at radius 1 is 0.893 bits per heavy atom. The lowest BCUT2D eigenvalue weighted by atomic mass is 10.0. The maximum absolute atomic E-state index is 12.9. The fourth-order valence-corrected chi connectivity index (χ4v) is 2.99. The van der Waals surface area contributed by atoms with Crippen molar-refractivity contribution in [3.63, 3.8) is 0 Å². The minimum atomic E-state index is -4.38. The zero-order chi connectivity index (χ0) is 20.3. The molecule has 1 N–H and O–H groups in total. The van der Waals surface area contributed by atoms with Crippen LogP contribution in [0, 0.1) is 13.8 Å². The lowest BCUT2D eigenvalue weighted by Gasteiger charge is -2.11. The van der Waals surface area contributed by atoms with E-state index < -0.39 is 11.7 Å². The Morgan fingerprint density at radius 2 is 1.57 bits per heavy atom. The quantitative estimate of drug-likeness (QED) is 0.595. The van der Waals surface area contributed by atoms with Crippen molar-refractivity contribution in [2.75, 3.05) is 0 Å². The molecule has 3 aromatic rings. The predicted octanol–water partition coefficient (Wildman–Crippen LogP) is 5.92. The molecule has 0 fully saturated rings. The second kappa shape index (κ2) is 7.89. The Labute approximate surface area is 162 Å². The third-order valence-electron chi connectivity index (χ3n) is 4.54. The summed E-state index contributed by atoms with van der Waals surface area (Å²) >= 11 is 0. The van der Waals surface area contributed by atoms with E-state index in [4.69, 9.17) is 0 Å². The number of nitrogens with one attached hydrogen (secondary N) is 1. The molecule has 1 amide bonds. The highest BCUT2D eigenvalue weighted by Crippen LogP contribution is 2.32. The molecule has 0 aliphatic carbocycles. The average Bonchev–Trinajstić information content (AvgIpc) is 2.67. The van der Waals surface area contributed by atoms with Crippen molar-refractivity contribution >= 4 is 5.91 Å². The fraction of sp³-hybridized carbons (Fsp3) is 0.174. The molecule has 0 unspecified atom stereocenters. The summed E-state index contributed by atoms with van der Waals surface area (Å²) in [6.45, 7) is 4.09. The summed E-state index contributed by atoms with van der Waals surface area (Å²) in [5.74, 6) is -0.175. The molecule has 0 spiro atoms. The molecule has 0 bridgehead atoms. The number of aryl methyl sites for hydroxylation is 2.